The van der Waals surface area contributed by atoms with Gasteiger partial charge in [0.2, 0.25) is 11.8 Å². The lowest BCUT2D eigenvalue weighted by atomic mass is 9.95. The van der Waals surface area contributed by atoms with E-state index in [2.05, 4.69) is 10.2 Å². The van der Waals surface area contributed by atoms with Crippen molar-refractivity contribution in [1.82, 2.24) is 4.90 Å². The van der Waals surface area contributed by atoms with E-state index in [0.717, 1.165) is 38.0 Å². The van der Waals surface area contributed by atoms with Crippen molar-refractivity contribution in [2.24, 2.45) is 11.7 Å². The molecule has 0 atom stereocenters. The molecule has 3 rings (SSSR count). The second kappa shape index (κ2) is 8.74. The van der Waals surface area contributed by atoms with E-state index < -0.39 is 5.91 Å². The topological polar surface area (TPSA) is 75.4 Å². The molecule has 2 amide bonds. The van der Waals surface area contributed by atoms with E-state index >= 15 is 0 Å². The molecule has 1 heterocycles. The number of primary amides is 1. The molecule has 1 saturated heterocycles. The van der Waals surface area contributed by atoms with Crippen LogP contribution in [0, 0.1) is 5.92 Å². The Bertz CT molecular complexity index is 849. The number of rotatable bonds is 5. The van der Waals surface area contributed by atoms with E-state index in [1.165, 1.54) is 0 Å². The number of nitrogens with two attached hydrogens (primary N) is 1. The highest BCUT2D eigenvalue weighted by molar-refractivity contribution is 6.35. The van der Waals surface area contributed by atoms with Crippen LogP contribution in [0.2, 0.25) is 10.0 Å². The lowest BCUT2D eigenvalue weighted by molar-refractivity contribution is -0.121. The number of benzene rings is 2. The Morgan fingerprint density at radius 2 is 1.85 bits per heavy atom. The summed E-state index contributed by atoms with van der Waals surface area (Å²) in [7, 11) is 0. The first-order valence-electron chi connectivity index (χ1n) is 8.79. The molecular formula is C20H21Cl2N3O2. The Hall–Kier alpha value is -2.08. The van der Waals surface area contributed by atoms with E-state index in [1.54, 1.807) is 30.3 Å². The van der Waals surface area contributed by atoms with Crippen molar-refractivity contribution in [1.29, 1.82) is 0 Å². The Morgan fingerprint density at radius 3 is 2.52 bits per heavy atom. The number of nitrogens with one attached hydrogen (secondary N) is 1. The van der Waals surface area contributed by atoms with Crippen molar-refractivity contribution in [3.8, 4) is 0 Å². The number of carbonyl (C=O) groups excluding carboxylic acids is 2. The van der Waals surface area contributed by atoms with Gasteiger partial charge in [0.25, 0.3) is 0 Å². The summed E-state index contributed by atoms with van der Waals surface area (Å²) >= 11 is 12.2. The highest BCUT2D eigenvalue weighted by Gasteiger charge is 2.25. The predicted octanol–water partition coefficient (Wildman–Crippen LogP) is 3.94. The number of carbonyl (C=O) groups is 2. The Kier molecular flexibility index (Phi) is 6.37. The van der Waals surface area contributed by atoms with Gasteiger partial charge in [0.15, 0.2) is 0 Å². The zero-order valence-corrected chi connectivity index (χ0v) is 16.3. The number of piperidine rings is 1. The molecule has 7 heteroatoms. The third-order valence-corrected chi connectivity index (χ3v) is 5.37. The lowest BCUT2D eigenvalue weighted by Crippen LogP contribution is -2.37. The standard InChI is InChI=1S/C20H21Cl2N3O2/c21-16-5-4-15(18(22)11-16)12-25-8-6-13(7-9-25)20(27)24-17-3-1-2-14(10-17)19(23)26/h1-5,10-11,13H,6-9,12H2,(H2,23,26)(H,24,27). The number of hydrogen-bond donors (Lipinski definition) is 2. The van der Waals surface area contributed by atoms with E-state index in [9.17, 15) is 9.59 Å². The average Bonchev–Trinajstić information content (AvgIpc) is 2.65. The van der Waals surface area contributed by atoms with Gasteiger partial charge < -0.3 is 11.1 Å². The van der Waals surface area contributed by atoms with Crippen LogP contribution in [0.5, 0.6) is 0 Å². The first kappa shape index (κ1) is 19.7. The minimum atomic E-state index is -0.514. The Balaban J connectivity index is 1.53. The first-order valence-corrected chi connectivity index (χ1v) is 9.55. The second-order valence-electron chi connectivity index (χ2n) is 6.72. The number of nitrogens with zero attached hydrogens (tertiary/aromatic N) is 1. The van der Waals surface area contributed by atoms with Crippen LogP contribution in [0.3, 0.4) is 0 Å². The van der Waals surface area contributed by atoms with Gasteiger partial charge in [0.1, 0.15) is 0 Å². The first-order chi connectivity index (χ1) is 12.9. The fourth-order valence-corrected chi connectivity index (χ4v) is 3.71. The molecule has 0 radical (unpaired) electrons. The molecule has 0 spiro atoms. The summed E-state index contributed by atoms with van der Waals surface area (Å²) in [6, 6.07) is 12.2. The van der Waals surface area contributed by atoms with Crippen LogP contribution in [0.4, 0.5) is 5.69 Å². The Morgan fingerprint density at radius 1 is 1.11 bits per heavy atom. The molecule has 1 aliphatic heterocycles. The quantitative estimate of drug-likeness (QED) is 0.790. The van der Waals surface area contributed by atoms with Gasteiger partial charge in [-0.05, 0) is 61.8 Å². The number of amides is 2. The fraction of sp³-hybridized carbons (Fsp3) is 0.300. The third-order valence-electron chi connectivity index (χ3n) is 4.78. The maximum absolute atomic E-state index is 12.5. The molecular weight excluding hydrogens is 385 g/mol. The van der Waals surface area contributed by atoms with E-state index in [-0.39, 0.29) is 11.8 Å². The largest absolute Gasteiger partial charge is 0.366 e. The van der Waals surface area contributed by atoms with Gasteiger partial charge in [-0.2, -0.15) is 0 Å². The summed E-state index contributed by atoms with van der Waals surface area (Å²) in [6.07, 6.45) is 1.54. The number of halogens is 2. The molecule has 0 saturated carbocycles. The highest BCUT2D eigenvalue weighted by atomic mass is 35.5. The third kappa shape index (κ3) is 5.22. The van der Waals surface area contributed by atoms with Gasteiger partial charge in [-0.25, -0.2) is 0 Å². The van der Waals surface area contributed by atoms with E-state index in [0.29, 0.717) is 21.3 Å². The zero-order valence-electron chi connectivity index (χ0n) is 14.8. The molecule has 2 aromatic carbocycles. The van der Waals surface area contributed by atoms with Crippen LogP contribution in [-0.4, -0.2) is 29.8 Å². The van der Waals surface area contributed by atoms with Crippen LogP contribution < -0.4 is 11.1 Å². The summed E-state index contributed by atoms with van der Waals surface area (Å²) in [5.74, 6) is -0.597. The van der Waals surface area contributed by atoms with E-state index in [4.69, 9.17) is 28.9 Å². The molecule has 0 aromatic heterocycles. The summed E-state index contributed by atoms with van der Waals surface area (Å²) in [5.41, 5.74) is 7.28. The lowest BCUT2D eigenvalue weighted by Gasteiger charge is -2.31. The summed E-state index contributed by atoms with van der Waals surface area (Å²) in [4.78, 5) is 26.1. The normalized spacial score (nSPS) is 15.5. The summed E-state index contributed by atoms with van der Waals surface area (Å²) in [6.45, 7) is 2.38. The minimum absolute atomic E-state index is 0.0270. The highest BCUT2D eigenvalue weighted by Crippen LogP contribution is 2.25. The molecule has 1 aliphatic rings. The zero-order chi connectivity index (χ0) is 19.4. The molecule has 0 aliphatic carbocycles. The van der Waals surface area contributed by atoms with Crippen molar-refractivity contribution >= 4 is 40.7 Å². The van der Waals surface area contributed by atoms with Crippen molar-refractivity contribution in [2.75, 3.05) is 18.4 Å². The van der Waals surface area contributed by atoms with Crippen LogP contribution in [0.1, 0.15) is 28.8 Å². The van der Waals surface area contributed by atoms with Crippen LogP contribution in [0.15, 0.2) is 42.5 Å². The minimum Gasteiger partial charge on any atom is -0.366 e. The molecule has 2 aromatic rings. The van der Waals surface area contributed by atoms with Gasteiger partial charge in [-0.15, -0.1) is 0 Å². The maximum Gasteiger partial charge on any atom is 0.248 e. The number of likely N-dealkylation sites (tertiary alicyclic amines) is 1. The molecule has 0 bridgehead atoms. The predicted molar refractivity (Wildman–Crippen MR) is 108 cm³/mol. The van der Waals surface area contributed by atoms with Crippen LogP contribution >= 0.6 is 23.2 Å². The van der Waals surface area contributed by atoms with Crippen molar-refractivity contribution in [2.45, 2.75) is 19.4 Å². The second-order valence-corrected chi connectivity index (χ2v) is 7.56. The van der Waals surface area contributed by atoms with Crippen LogP contribution in [0.25, 0.3) is 0 Å². The molecule has 1 fully saturated rings. The summed E-state index contributed by atoms with van der Waals surface area (Å²) < 4.78 is 0. The van der Waals surface area contributed by atoms with Crippen LogP contribution in [-0.2, 0) is 11.3 Å². The van der Waals surface area contributed by atoms with Gasteiger partial charge in [0.05, 0.1) is 0 Å². The molecule has 0 unspecified atom stereocenters. The van der Waals surface area contributed by atoms with Crippen molar-refractivity contribution < 1.29 is 9.59 Å². The van der Waals surface area contributed by atoms with Crippen molar-refractivity contribution in [3.63, 3.8) is 0 Å². The van der Waals surface area contributed by atoms with Gasteiger partial charge >= 0.3 is 0 Å². The van der Waals surface area contributed by atoms with E-state index in [1.807, 2.05) is 12.1 Å². The molecule has 27 heavy (non-hydrogen) atoms. The number of hydrogen-bond acceptors (Lipinski definition) is 3. The van der Waals surface area contributed by atoms with Gasteiger partial charge in [0, 0.05) is 33.8 Å². The van der Waals surface area contributed by atoms with Gasteiger partial charge in [-0.3, -0.25) is 14.5 Å². The summed E-state index contributed by atoms with van der Waals surface area (Å²) in [5, 5.41) is 4.17. The molecule has 142 valence electrons. The SMILES string of the molecule is NC(=O)c1cccc(NC(=O)C2CCN(Cc3ccc(Cl)cc3Cl)CC2)c1. The average molecular weight is 406 g/mol. The molecule has 3 N–H and O–H groups in total. The molecule has 5 nitrogen and oxygen atoms in total. The monoisotopic (exact) mass is 405 g/mol. The number of anilines is 1. The smallest absolute Gasteiger partial charge is 0.248 e. The Labute approximate surface area is 168 Å². The maximum atomic E-state index is 12.5. The fourth-order valence-electron chi connectivity index (χ4n) is 3.24. The van der Waals surface area contributed by atoms with Gasteiger partial charge in [-0.1, -0.05) is 35.3 Å². The van der Waals surface area contributed by atoms with Crippen molar-refractivity contribution in [3.05, 3.63) is 63.6 Å².